The Morgan fingerprint density at radius 1 is 1.43 bits per heavy atom. The van der Waals surface area contributed by atoms with E-state index in [1.165, 1.54) is 20.8 Å². The molecule has 6 nitrogen and oxygen atoms in total. The Morgan fingerprint density at radius 3 is 2.80 bits per heavy atom. The molecule has 0 aromatic heterocycles. The van der Waals surface area contributed by atoms with Crippen molar-refractivity contribution in [3.63, 3.8) is 0 Å². The van der Waals surface area contributed by atoms with E-state index >= 15 is 0 Å². The topological polar surface area (TPSA) is 101 Å². The van der Waals surface area contributed by atoms with Gasteiger partial charge in [0.2, 0.25) is 5.78 Å². The molecule has 0 aromatic rings. The number of aliphatic hydroxyl groups is 2. The van der Waals surface area contributed by atoms with Gasteiger partial charge in [-0.3, -0.25) is 14.4 Å². The summed E-state index contributed by atoms with van der Waals surface area (Å²) in [4.78, 5) is 36.9. The highest BCUT2D eigenvalue weighted by Gasteiger charge is 2.68. The highest BCUT2D eigenvalue weighted by Crippen LogP contribution is 2.67. The van der Waals surface area contributed by atoms with E-state index in [-0.39, 0.29) is 24.8 Å². The maximum atomic E-state index is 13.1. The Morgan fingerprint density at radius 2 is 2.13 bits per heavy atom. The van der Waals surface area contributed by atoms with E-state index in [0.29, 0.717) is 0 Å². The van der Waals surface area contributed by atoms with E-state index in [0.717, 1.165) is 13.0 Å². The van der Waals surface area contributed by atoms with Crippen LogP contribution in [0.2, 0.25) is 0 Å². The summed E-state index contributed by atoms with van der Waals surface area (Å²) in [7, 11) is 0. The van der Waals surface area contributed by atoms with Crippen molar-refractivity contribution in [3.8, 4) is 0 Å². The molecule has 0 heterocycles. The lowest BCUT2D eigenvalue weighted by molar-refractivity contribution is -0.182. The molecule has 4 aliphatic rings. The second kappa shape index (κ2) is 6.86. The molecule has 4 aliphatic carbocycles. The van der Waals surface area contributed by atoms with Crippen LogP contribution in [0.1, 0.15) is 61.6 Å². The molecule has 3 saturated carbocycles. The zero-order valence-corrected chi connectivity index (χ0v) is 17.7. The van der Waals surface area contributed by atoms with E-state index < -0.39 is 88.8 Å². The summed E-state index contributed by atoms with van der Waals surface area (Å²) in [6, 6.07) is -1.15. The zero-order chi connectivity index (χ0) is 27.4. The molecule has 4 rings (SSSR count). The SMILES string of the molecule is [2H]C1=CC2(C)C(=C([2H])C1=O)C([2H])(C)CC1C3CCC(O)(C(=O)COC(C)=O)C3(C)C([2H])([2H])C(O)C12[2H]. The molecule has 2 N–H and O–H groups in total. The van der Waals surface area contributed by atoms with Gasteiger partial charge in [0, 0.05) is 29.1 Å². The summed E-state index contributed by atoms with van der Waals surface area (Å²) < 4.78 is 58.1. The fourth-order valence-electron chi connectivity index (χ4n) is 6.24. The van der Waals surface area contributed by atoms with E-state index in [4.69, 9.17) is 11.6 Å². The minimum atomic E-state index is -2.73. The van der Waals surface area contributed by atoms with Crippen LogP contribution in [0.4, 0.5) is 0 Å². The molecule has 0 bridgehead atoms. The van der Waals surface area contributed by atoms with Crippen LogP contribution in [0, 0.1) is 34.5 Å². The number of hydrogen-bond acceptors (Lipinski definition) is 6. The highest BCUT2D eigenvalue weighted by molar-refractivity contribution is 6.01. The molecular weight excluding hydrogens is 384 g/mol. The highest BCUT2D eigenvalue weighted by atomic mass is 16.5. The Balaban J connectivity index is 1.94. The van der Waals surface area contributed by atoms with Crippen LogP contribution in [0.5, 0.6) is 0 Å². The third kappa shape index (κ3) is 2.79. The maximum absolute atomic E-state index is 13.1. The summed E-state index contributed by atoms with van der Waals surface area (Å²) in [6.45, 7) is 4.64. The number of ketones is 2. The minimum Gasteiger partial charge on any atom is -0.458 e. The average molecular weight is 423 g/mol. The number of allylic oxidation sites excluding steroid dienone is 4. The molecule has 0 radical (unpaired) electrons. The number of carbonyl (C=O) groups excluding carboxylic acids is 3. The summed E-state index contributed by atoms with van der Waals surface area (Å²) >= 11 is 0. The van der Waals surface area contributed by atoms with Gasteiger partial charge in [-0.25, -0.2) is 0 Å². The number of fused-ring (bicyclic) bond motifs is 5. The van der Waals surface area contributed by atoms with Crippen molar-refractivity contribution in [2.24, 2.45) is 34.5 Å². The van der Waals surface area contributed by atoms with Gasteiger partial charge in [-0.15, -0.1) is 0 Å². The molecule has 8 atom stereocenters. The maximum Gasteiger partial charge on any atom is 0.303 e. The van der Waals surface area contributed by atoms with Crippen LogP contribution < -0.4 is 0 Å². The van der Waals surface area contributed by atoms with Crippen LogP contribution in [0.3, 0.4) is 0 Å². The summed E-state index contributed by atoms with van der Waals surface area (Å²) in [5, 5.41) is 23.3. The van der Waals surface area contributed by atoms with Crippen LogP contribution in [0.15, 0.2) is 23.8 Å². The third-order valence-electron chi connectivity index (χ3n) is 7.70. The molecule has 30 heavy (non-hydrogen) atoms. The van der Waals surface area contributed by atoms with Gasteiger partial charge in [-0.1, -0.05) is 32.4 Å². The molecule has 0 saturated heterocycles. The number of ether oxygens (including phenoxy) is 1. The van der Waals surface area contributed by atoms with Crippen molar-refractivity contribution in [1.29, 1.82) is 0 Å². The molecule has 164 valence electrons. The first-order valence-corrected chi connectivity index (χ1v) is 10.3. The second-order valence-electron chi connectivity index (χ2n) is 9.32. The van der Waals surface area contributed by atoms with Crippen LogP contribution >= 0.6 is 0 Å². The number of hydrogen-bond donors (Lipinski definition) is 2. The molecule has 0 spiro atoms. The minimum absolute atomic E-state index is 0.0418. The van der Waals surface area contributed by atoms with Crippen LogP contribution in [-0.4, -0.2) is 46.1 Å². The van der Waals surface area contributed by atoms with Crippen molar-refractivity contribution >= 4 is 17.5 Å². The molecule has 0 amide bonds. The van der Waals surface area contributed by atoms with E-state index in [1.807, 2.05) is 0 Å². The van der Waals surface area contributed by atoms with Gasteiger partial charge >= 0.3 is 5.97 Å². The first-order chi connectivity index (χ1) is 16.2. The fraction of sp³-hybridized carbons (Fsp3) is 0.708. The summed E-state index contributed by atoms with van der Waals surface area (Å²) in [5.74, 6) is -8.01. The molecule has 3 fully saturated rings. The lowest BCUT2D eigenvalue weighted by atomic mass is 9.45. The van der Waals surface area contributed by atoms with Crippen molar-refractivity contribution < 1.29 is 37.6 Å². The fourth-order valence-corrected chi connectivity index (χ4v) is 6.24. The first-order valence-electron chi connectivity index (χ1n) is 13.3. The summed E-state index contributed by atoms with van der Waals surface area (Å²) in [6.07, 6.45) is -3.90. The van der Waals surface area contributed by atoms with Crippen molar-refractivity contribution in [2.75, 3.05) is 6.61 Å². The molecule has 0 aliphatic heterocycles. The van der Waals surface area contributed by atoms with Gasteiger partial charge < -0.3 is 14.9 Å². The molecular formula is C24H32O6. The van der Waals surface area contributed by atoms with Gasteiger partial charge in [0.15, 0.2) is 12.4 Å². The number of aliphatic hydroxyl groups excluding tert-OH is 1. The smallest absolute Gasteiger partial charge is 0.303 e. The standard InChI is InChI=1S/C24H32O6/c1-13-9-16-17-6-8-24(29,20(28)12-30-14(2)25)23(17,4)11-19(27)21(16)22(3)7-5-15(26)10-18(13)22/h5,7,10,13,16-17,19,21,27,29H,6,8-9,11-12H2,1-4H3/i5D,10D,11D2,13D,21D. The quantitative estimate of drug-likeness (QED) is 0.677. The van der Waals surface area contributed by atoms with E-state index in [9.17, 15) is 26.0 Å². The first kappa shape index (κ1) is 15.1. The molecule has 0 aromatic carbocycles. The number of Topliss-reactive ketones (excluding diaryl/α,β-unsaturated/α-hetero) is 1. The predicted octanol–water partition coefficient (Wildman–Crippen LogP) is 2.37. The normalized spacial score (nSPS) is 57.2. The average Bonchev–Trinajstić information content (AvgIpc) is 3.04. The second-order valence-corrected chi connectivity index (χ2v) is 9.32. The predicted molar refractivity (Wildman–Crippen MR) is 109 cm³/mol. The zero-order valence-electron chi connectivity index (χ0n) is 23.7. The Labute approximate surface area is 185 Å². The molecule has 8 unspecified atom stereocenters. The van der Waals surface area contributed by atoms with Crippen molar-refractivity contribution in [3.05, 3.63) is 23.8 Å². The third-order valence-corrected chi connectivity index (χ3v) is 7.70. The Hall–Kier alpha value is -1.79. The van der Waals surface area contributed by atoms with Gasteiger partial charge in [-0.05, 0) is 55.5 Å². The van der Waals surface area contributed by atoms with Gasteiger partial charge in [0.25, 0.3) is 0 Å². The van der Waals surface area contributed by atoms with Crippen LogP contribution in [0.25, 0.3) is 0 Å². The van der Waals surface area contributed by atoms with E-state index in [1.54, 1.807) is 0 Å². The number of carbonyl (C=O) groups is 3. The monoisotopic (exact) mass is 422 g/mol. The molecule has 6 heteroatoms. The van der Waals surface area contributed by atoms with Gasteiger partial charge in [0.1, 0.15) is 5.60 Å². The van der Waals surface area contributed by atoms with Crippen molar-refractivity contribution in [1.82, 2.24) is 0 Å². The van der Waals surface area contributed by atoms with Crippen LogP contribution in [-0.2, 0) is 19.1 Å². The summed E-state index contributed by atoms with van der Waals surface area (Å²) in [5.41, 5.74) is -5.96. The van der Waals surface area contributed by atoms with Gasteiger partial charge in [-0.2, -0.15) is 0 Å². The lowest BCUT2D eigenvalue weighted by Gasteiger charge is -2.60. The number of esters is 1. The largest absolute Gasteiger partial charge is 0.458 e. The van der Waals surface area contributed by atoms with Gasteiger partial charge in [0.05, 0.1) is 8.85 Å². The Kier molecular flexibility index (Phi) is 3.45. The Bertz CT molecular complexity index is 1130. The number of rotatable bonds is 3. The van der Waals surface area contributed by atoms with E-state index in [2.05, 4.69) is 0 Å². The lowest BCUT2D eigenvalue weighted by Crippen LogP contribution is -2.62. The van der Waals surface area contributed by atoms with Crippen molar-refractivity contribution in [2.45, 2.75) is 65.0 Å².